The summed E-state index contributed by atoms with van der Waals surface area (Å²) in [6, 6.07) is 16.6. The van der Waals surface area contributed by atoms with Gasteiger partial charge in [0, 0.05) is 27.2 Å². The van der Waals surface area contributed by atoms with E-state index in [-0.39, 0.29) is 18.7 Å². The second-order valence-electron chi connectivity index (χ2n) is 6.91. The first-order valence-corrected chi connectivity index (χ1v) is 10.9. The number of hydrogen-bond acceptors (Lipinski definition) is 3. The van der Waals surface area contributed by atoms with Gasteiger partial charge in [-0.1, -0.05) is 51.3 Å². The average Bonchev–Trinajstić information content (AvgIpc) is 2.71. The number of nitrogens with one attached hydrogen (secondary N) is 2. The van der Waals surface area contributed by atoms with E-state index >= 15 is 0 Å². The SMILES string of the molecule is Cc1ccc(Cl)cc1-c1ccc(Nc2ccc(Br)cc2NC(=O)CCC(=O)O)cc1Cl. The Hall–Kier alpha value is -2.54. The van der Waals surface area contributed by atoms with Gasteiger partial charge in [0.25, 0.3) is 0 Å². The summed E-state index contributed by atoms with van der Waals surface area (Å²) in [6.45, 7) is 2.00. The van der Waals surface area contributed by atoms with Gasteiger partial charge in [0.15, 0.2) is 0 Å². The monoisotopic (exact) mass is 520 g/mol. The van der Waals surface area contributed by atoms with Crippen molar-refractivity contribution in [2.75, 3.05) is 10.6 Å². The average molecular weight is 522 g/mol. The van der Waals surface area contributed by atoms with Gasteiger partial charge < -0.3 is 15.7 Å². The Balaban J connectivity index is 1.84. The number of carbonyl (C=O) groups is 2. The number of carboxylic acids is 1. The first-order valence-electron chi connectivity index (χ1n) is 9.37. The van der Waals surface area contributed by atoms with Crippen LogP contribution in [0.5, 0.6) is 0 Å². The molecule has 0 fully saturated rings. The molecule has 0 aliphatic rings. The van der Waals surface area contributed by atoms with Crippen molar-refractivity contribution in [3.8, 4) is 11.1 Å². The van der Waals surface area contributed by atoms with Gasteiger partial charge in [0.2, 0.25) is 5.91 Å². The molecule has 3 N–H and O–H groups in total. The van der Waals surface area contributed by atoms with Gasteiger partial charge in [-0.15, -0.1) is 0 Å². The largest absolute Gasteiger partial charge is 0.481 e. The highest BCUT2D eigenvalue weighted by atomic mass is 79.9. The van der Waals surface area contributed by atoms with Crippen molar-refractivity contribution in [2.45, 2.75) is 19.8 Å². The van der Waals surface area contributed by atoms with Gasteiger partial charge in [-0.2, -0.15) is 0 Å². The van der Waals surface area contributed by atoms with Gasteiger partial charge in [-0.05, 0) is 60.5 Å². The Bertz CT molecular complexity index is 1150. The van der Waals surface area contributed by atoms with Crippen molar-refractivity contribution in [1.29, 1.82) is 0 Å². The summed E-state index contributed by atoms with van der Waals surface area (Å²) in [5, 5.41) is 16.0. The summed E-state index contributed by atoms with van der Waals surface area (Å²) in [7, 11) is 0. The Morgan fingerprint density at radius 3 is 2.42 bits per heavy atom. The third-order valence-electron chi connectivity index (χ3n) is 4.56. The van der Waals surface area contributed by atoms with Crippen LogP contribution in [0.3, 0.4) is 0 Å². The summed E-state index contributed by atoms with van der Waals surface area (Å²) >= 11 is 16.1. The van der Waals surface area contributed by atoms with Crippen LogP contribution in [0, 0.1) is 6.92 Å². The van der Waals surface area contributed by atoms with E-state index in [1.54, 1.807) is 18.2 Å². The van der Waals surface area contributed by atoms with Gasteiger partial charge in [-0.3, -0.25) is 9.59 Å². The molecule has 31 heavy (non-hydrogen) atoms. The molecule has 5 nitrogen and oxygen atoms in total. The second kappa shape index (κ2) is 10.2. The van der Waals surface area contributed by atoms with Crippen LogP contribution in [-0.4, -0.2) is 17.0 Å². The van der Waals surface area contributed by atoms with Gasteiger partial charge in [0.05, 0.1) is 22.8 Å². The van der Waals surface area contributed by atoms with Crippen LogP contribution in [0.4, 0.5) is 17.1 Å². The minimum atomic E-state index is -1.02. The molecule has 0 radical (unpaired) electrons. The number of hydrogen-bond donors (Lipinski definition) is 3. The normalized spacial score (nSPS) is 10.6. The van der Waals surface area contributed by atoms with Crippen molar-refractivity contribution < 1.29 is 14.7 Å². The maximum Gasteiger partial charge on any atom is 0.303 e. The number of carbonyl (C=O) groups excluding carboxylic acids is 1. The molecule has 0 bridgehead atoms. The molecule has 3 aromatic carbocycles. The lowest BCUT2D eigenvalue weighted by molar-refractivity contribution is -0.138. The summed E-state index contributed by atoms with van der Waals surface area (Å²) in [6.07, 6.45) is -0.344. The van der Waals surface area contributed by atoms with Gasteiger partial charge in [-0.25, -0.2) is 0 Å². The summed E-state index contributed by atoms with van der Waals surface area (Å²) in [5.41, 5.74) is 4.79. The molecule has 0 saturated heterocycles. The first-order chi connectivity index (χ1) is 14.7. The van der Waals surface area contributed by atoms with Crippen LogP contribution < -0.4 is 10.6 Å². The van der Waals surface area contributed by atoms with E-state index in [4.69, 9.17) is 28.3 Å². The highest BCUT2D eigenvalue weighted by Gasteiger charge is 2.12. The van der Waals surface area contributed by atoms with Crippen molar-refractivity contribution >= 4 is 68.1 Å². The molecule has 3 rings (SSSR count). The predicted octanol–water partition coefficient (Wildman–Crippen LogP) is 7.28. The summed E-state index contributed by atoms with van der Waals surface area (Å²) < 4.78 is 0.774. The fourth-order valence-electron chi connectivity index (χ4n) is 3.01. The molecular formula is C23H19BrCl2N2O3. The zero-order valence-corrected chi connectivity index (χ0v) is 19.6. The predicted molar refractivity (Wildman–Crippen MR) is 130 cm³/mol. The molecular weight excluding hydrogens is 503 g/mol. The standard InChI is InChI=1S/C23H19BrCl2N2O3/c1-13-2-4-15(25)11-18(13)17-6-5-16(12-19(17)26)27-20-7-3-14(24)10-21(20)28-22(29)8-9-23(30)31/h2-7,10-12,27H,8-9H2,1H3,(H,28,29)(H,30,31). The molecule has 0 saturated carbocycles. The molecule has 3 aromatic rings. The first kappa shape index (κ1) is 23.1. The molecule has 1 amide bonds. The van der Waals surface area contributed by atoms with Crippen molar-refractivity contribution in [3.05, 3.63) is 74.7 Å². The highest BCUT2D eigenvalue weighted by molar-refractivity contribution is 9.10. The third-order valence-corrected chi connectivity index (χ3v) is 5.60. The van der Waals surface area contributed by atoms with E-state index in [2.05, 4.69) is 26.6 Å². The maximum absolute atomic E-state index is 12.1. The molecule has 0 aliphatic heterocycles. The lowest BCUT2D eigenvalue weighted by Crippen LogP contribution is -2.14. The van der Waals surface area contributed by atoms with Crippen molar-refractivity contribution in [1.82, 2.24) is 0 Å². The number of anilines is 3. The number of aryl methyl sites for hydroxylation is 1. The van der Waals surface area contributed by atoms with E-state index in [0.717, 1.165) is 26.9 Å². The van der Waals surface area contributed by atoms with Crippen LogP contribution in [0.25, 0.3) is 11.1 Å². The Morgan fingerprint density at radius 1 is 0.935 bits per heavy atom. The highest BCUT2D eigenvalue weighted by Crippen LogP contribution is 2.36. The zero-order chi connectivity index (χ0) is 22.5. The summed E-state index contributed by atoms with van der Waals surface area (Å²) in [5.74, 6) is -1.40. The minimum Gasteiger partial charge on any atom is -0.481 e. The molecule has 0 unspecified atom stereocenters. The minimum absolute atomic E-state index is 0.110. The van der Waals surface area contributed by atoms with Crippen LogP contribution in [-0.2, 0) is 9.59 Å². The lowest BCUT2D eigenvalue weighted by atomic mass is 10.0. The Labute approximate surface area is 198 Å². The number of amides is 1. The fraction of sp³-hybridized carbons (Fsp3) is 0.130. The van der Waals surface area contributed by atoms with Gasteiger partial charge in [0.1, 0.15) is 0 Å². The van der Waals surface area contributed by atoms with Gasteiger partial charge >= 0.3 is 5.97 Å². The van der Waals surface area contributed by atoms with E-state index < -0.39 is 5.97 Å². The zero-order valence-electron chi connectivity index (χ0n) is 16.5. The number of aliphatic carboxylic acids is 1. The molecule has 0 aromatic heterocycles. The summed E-state index contributed by atoms with van der Waals surface area (Å²) in [4.78, 5) is 22.8. The van der Waals surface area contributed by atoms with E-state index in [1.165, 1.54) is 0 Å². The third kappa shape index (κ3) is 6.23. The lowest BCUT2D eigenvalue weighted by Gasteiger charge is -2.15. The molecule has 0 spiro atoms. The van der Waals surface area contributed by atoms with Crippen LogP contribution in [0.2, 0.25) is 10.0 Å². The van der Waals surface area contributed by atoms with Crippen LogP contribution >= 0.6 is 39.1 Å². The van der Waals surface area contributed by atoms with E-state index in [0.29, 0.717) is 21.4 Å². The number of halogens is 3. The van der Waals surface area contributed by atoms with E-state index in [1.807, 2.05) is 43.3 Å². The number of benzene rings is 3. The molecule has 0 atom stereocenters. The molecule has 0 heterocycles. The Morgan fingerprint density at radius 2 is 1.71 bits per heavy atom. The topological polar surface area (TPSA) is 78.4 Å². The fourth-order valence-corrected chi connectivity index (χ4v) is 3.83. The van der Waals surface area contributed by atoms with Crippen LogP contribution in [0.15, 0.2) is 59.1 Å². The molecule has 8 heteroatoms. The number of carboxylic acid groups (broad SMARTS) is 1. The second-order valence-corrected chi connectivity index (χ2v) is 8.67. The van der Waals surface area contributed by atoms with E-state index in [9.17, 15) is 9.59 Å². The van der Waals surface area contributed by atoms with Crippen LogP contribution in [0.1, 0.15) is 18.4 Å². The number of rotatable bonds is 7. The Kier molecular flexibility index (Phi) is 7.59. The smallest absolute Gasteiger partial charge is 0.303 e. The molecule has 160 valence electrons. The quantitative estimate of drug-likeness (QED) is 0.305. The van der Waals surface area contributed by atoms with Crippen molar-refractivity contribution in [2.24, 2.45) is 0 Å². The molecule has 0 aliphatic carbocycles. The van der Waals surface area contributed by atoms with Crippen molar-refractivity contribution in [3.63, 3.8) is 0 Å². The maximum atomic E-state index is 12.1.